The Kier molecular flexibility index (Phi) is 4.74. The second-order valence-corrected chi connectivity index (χ2v) is 4.57. The quantitative estimate of drug-likeness (QED) is 0.669. The molecule has 0 bridgehead atoms. The summed E-state index contributed by atoms with van der Waals surface area (Å²) >= 11 is 1.70. The third kappa shape index (κ3) is 4.42. The third-order valence-electron chi connectivity index (χ3n) is 2.09. The normalized spacial score (nSPS) is 14.8. The third-order valence-corrected chi connectivity index (χ3v) is 2.99. The molecule has 4 N–H and O–H groups in total. The van der Waals surface area contributed by atoms with E-state index in [9.17, 15) is 4.79 Å². The van der Waals surface area contributed by atoms with E-state index in [0.717, 1.165) is 6.42 Å². The number of thiophene rings is 1. The predicted octanol–water partition coefficient (Wildman–Crippen LogP) is 0.681. The molecule has 0 saturated heterocycles. The maximum atomic E-state index is 10.5. The summed E-state index contributed by atoms with van der Waals surface area (Å²) in [5.74, 6) is -0.967. The number of nitrogens with two attached hydrogens (primary N) is 1. The average molecular weight is 228 g/mol. The zero-order valence-electron chi connectivity index (χ0n) is 8.64. The van der Waals surface area contributed by atoms with Gasteiger partial charge in [-0.25, -0.2) is 0 Å². The van der Waals surface area contributed by atoms with Crippen LogP contribution >= 0.6 is 11.3 Å². The minimum Gasteiger partial charge on any atom is -0.480 e. The molecule has 5 heteroatoms. The number of nitrogens with one attached hydrogen (secondary N) is 1. The number of rotatable bonds is 6. The summed E-state index contributed by atoms with van der Waals surface area (Å²) in [7, 11) is 0. The lowest BCUT2D eigenvalue weighted by Gasteiger charge is -2.14. The van der Waals surface area contributed by atoms with Crippen LogP contribution in [0.1, 0.15) is 11.8 Å². The Labute approximate surface area is 93.1 Å². The summed E-state index contributed by atoms with van der Waals surface area (Å²) in [6.45, 7) is 2.33. The van der Waals surface area contributed by atoms with Gasteiger partial charge in [0.05, 0.1) is 0 Å². The highest BCUT2D eigenvalue weighted by Crippen LogP contribution is 2.10. The number of hydrogen-bond donors (Lipinski definition) is 3. The second kappa shape index (κ2) is 5.85. The van der Waals surface area contributed by atoms with Crippen LogP contribution in [0.3, 0.4) is 0 Å². The van der Waals surface area contributed by atoms with Crippen LogP contribution in [0, 0.1) is 0 Å². The van der Waals surface area contributed by atoms with Gasteiger partial charge in [0.15, 0.2) is 0 Å². The Bertz CT molecular complexity index is 300. The smallest absolute Gasteiger partial charge is 0.321 e. The lowest BCUT2D eigenvalue weighted by atomic mass is 10.2. The predicted molar refractivity (Wildman–Crippen MR) is 61.1 cm³/mol. The lowest BCUT2D eigenvalue weighted by Crippen LogP contribution is -2.43. The van der Waals surface area contributed by atoms with Crippen LogP contribution < -0.4 is 11.1 Å². The molecular weight excluding hydrogens is 212 g/mol. The van der Waals surface area contributed by atoms with Gasteiger partial charge in [-0.3, -0.25) is 4.79 Å². The number of hydrogen-bond acceptors (Lipinski definition) is 4. The van der Waals surface area contributed by atoms with Gasteiger partial charge < -0.3 is 16.2 Å². The SMILES string of the molecule is CC(Cc1cccs1)NCC(N)C(=O)O. The van der Waals surface area contributed by atoms with E-state index in [1.54, 1.807) is 11.3 Å². The largest absolute Gasteiger partial charge is 0.480 e. The molecule has 0 aliphatic rings. The van der Waals surface area contributed by atoms with Gasteiger partial charge in [-0.15, -0.1) is 11.3 Å². The van der Waals surface area contributed by atoms with E-state index in [-0.39, 0.29) is 6.04 Å². The zero-order valence-corrected chi connectivity index (χ0v) is 9.46. The first kappa shape index (κ1) is 12.2. The average Bonchev–Trinajstić information content (AvgIpc) is 2.66. The van der Waals surface area contributed by atoms with Crippen LogP contribution in [0.5, 0.6) is 0 Å². The van der Waals surface area contributed by atoms with Gasteiger partial charge in [-0.2, -0.15) is 0 Å². The molecule has 0 aromatic carbocycles. The molecule has 2 unspecified atom stereocenters. The van der Waals surface area contributed by atoms with E-state index in [2.05, 4.69) is 11.4 Å². The van der Waals surface area contributed by atoms with Gasteiger partial charge in [0.1, 0.15) is 6.04 Å². The fraction of sp³-hybridized carbons (Fsp3) is 0.500. The van der Waals surface area contributed by atoms with Gasteiger partial charge in [-0.1, -0.05) is 6.07 Å². The van der Waals surface area contributed by atoms with Crippen LogP contribution in [-0.4, -0.2) is 29.7 Å². The van der Waals surface area contributed by atoms with E-state index in [1.165, 1.54) is 4.88 Å². The van der Waals surface area contributed by atoms with E-state index in [1.807, 2.05) is 18.4 Å². The fourth-order valence-corrected chi connectivity index (χ4v) is 2.05. The van der Waals surface area contributed by atoms with Crippen LogP contribution in [0.4, 0.5) is 0 Å². The minimum absolute atomic E-state index is 0.244. The van der Waals surface area contributed by atoms with Crippen LogP contribution in [-0.2, 0) is 11.2 Å². The van der Waals surface area contributed by atoms with E-state index >= 15 is 0 Å². The molecule has 2 atom stereocenters. The molecule has 84 valence electrons. The summed E-state index contributed by atoms with van der Waals surface area (Å²) in [6, 6.07) is 3.50. The van der Waals surface area contributed by atoms with Crippen molar-refractivity contribution < 1.29 is 9.90 Å². The van der Waals surface area contributed by atoms with Crippen LogP contribution in [0.2, 0.25) is 0 Å². The monoisotopic (exact) mass is 228 g/mol. The molecule has 1 rings (SSSR count). The van der Waals surface area contributed by atoms with Gasteiger partial charge in [0.25, 0.3) is 0 Å². The Morgan fingerprint density at radius 3 is 3.00 bits per heavy atom. The first-order valence-corrected chi connectivity index (χ1v) is 5.71. The van der Waals surface area contributed by atoms with Crippen LogP contribution in [0.15, 0.2) is 17.5 Å². The molecule has 0 fully saturated rings. The van der Waals surface area contributed by atoms with E-state index < -0.39 is 12.0 Å². The zero-order chi connectivity index (χ0) is 11.3. The summed E-state index contributed by atoms with van der Waals surface area (Å²) in [4.78, 5) is 11.8. The summed E-state index contributed by atoms with van der Waals surface area (Å²) in [5, 5.41) is 13.7. The Hall–Kier alpha value is -0.910. The topological polar surface area (TPSA) is 75.3 Å². The number of carboxylic acids is 1. The van der Waals surface area contributed by atoms with Crippen molar-refractivity contribution in [2.45, 2.75) is 25.4 Å². The molecule has 15 heavy (non-hydrogen) atoms. The molecule has 4 nitrogen and oxygen atoms in total. The molecule has 1 heterocycles. The Morgan fingerprint density at radius 2 is 2.47 bits per heavy atom. The molecule has 0 aliphatic carbocycles. The molecule has 1 aromatic rings. The highest BCUT2D eigenvalue weighted by Gasteiger charge is 2.12. The first-order valence-electron chi connectivity index (χ1n) is 4.83. The lowest BCUT2D eigenvalue weighted by molar-refractivity contribution is -0.138. The van der Waals surface area contributed by atoms with Gasteiger partial charge >= 0.3 is 5.97 Å². The van der Waals surface area contributed by atoms with Gasteiger partial charge in [-0.05, 0) is 24.8 Å². The van der Waals surface area contributed by atoms with E-state index in [4.69, 9.17) is 10.8 Å². The standard InChI is InChI=1S/C10H16N2O2S/c1-7(5-8-3-2-4-15-8)12-6-9(11)10(13)14/h2-4,7,9,12H,5-6,11H2,1H3,(H,13,14). The highest BCUT2D eigenvalue weighted by molar-refractivity contribution is 7.09. The Balaban J connectivity index is 2.25. The molecule has 0 spiro atoms. The van der Waals surface area contributed by atoms with Gasteiger partial charge in [0.2, 0.25) is 0 Å². The van der Waals surface area contributed by atoms with Gasteiger partial charge in [0, 0.05) is 17.5 Å². The molecular formula is C10H16N2O2S. The maximum Gasteiger partial charge on any atom is 0.321 e. The minimum atomic E-state index is -0.967. The van der Waals surface area contributed by atoms with Crippen molar-refractivity contribution in [2.75, 3.05) is 6.54 Å². The van der Waals surface area contributed by atoms with Crippen molar-refractivity contribution in [3.63, 3.8) is 0 Å². The van der Waals surface area contributed by atoms with E-state index in [0.29, 0.717) is 6.54 Å². The maximum absolute atomic E-state index is 10.5. The summed E-state index contributed by atoms with van der Waals surface area (Å²) < 4.78 is 0. The van der Waals surface area contributed by atoms with Crippen LogP contribution in [0.25, 0.3) is 0 Å². The van der Waals surface area contributed by atoms with Crippen molar-refractivity contribution in [3.8, 4) is 0 Å². The molecule has 0 amide bonds. The summed E-state index contributed by atoms with van der Waals surface area (Å²) in [6.07, 6.45) is 0.907. The van der Waals surface area contributed by atoms with Crippen molar-refractivity contribution in [1.82, 2.24) is 5.32 Å². The molecule has 0 saturated carbocycles. The first-order chi connectivity index (χ1) is 7.09. The molecule has 0 radical (unpaired) electrons. The molecule has 0 aliphatic heterocycles. The van der Waals surface area contributed by atoms with Crippen molar-refractivity contribution in [3.05, 3.63) is 22.4 Å². The number of carboxylic acid groups (broad SMARTS) is 1. The second-order valence-electron chi connectivity index (χ2n) is 3.54. The Morgan fingerprint density at radius 1 is 1.73 bits per heavy atom. The number of carbonyl (C=O) groups is 1. The van der Waals surface area contributed by atoms with Crippen molar-refractivity contribution >= 4 is 17.3 Å². The van der Waals surface area contributed by atoms with Crippen molar-refractivity contribution in [2.24, 2.45) is 5.73 Å². The van der Waals surface area contributed by atoms with Crippen molar-refractivity contribution in [1.29, 1.82) is 0 Å². The fourth-order valence-electron chi connectivity index (χ4n) is 1.22. The molecule has 1 aromatic heterocycles. The number of aliphatic carboxylic acids is 1. The summed E-state index contributed by atoms with van der Waals surface area (Å²) in [5.41, 5.74) is 5.38. The highest BCUT2D eigenvalue weighted by atomic mass is 32.1.